The lowest BCUT2D eigenvalue weighted by molar-refractivity contribution is -0.127. The van der Waals surface area contributed by atoms with Crippen molar-refractivity contribution in [1.29, 1.82) is 0 Å². The summed E-state index contributed by atoms with van der Waals surface area (Å²) in [6.45, 7) is 12.9. The Hall–Kier alpha value is -5.02. The van der Waals surface area contributed by atoms with Gasteiger partial charge in [-0.2, -0.15) is 0 Å². The molecule has 1 amide bonds. The molecule has 1 aromatic heterocycles. The molecule has 0 unspecified atom stereocenters. The Bertz CT molecular complexity index is 1970. The molecule has 55 heavy (non-hydrogen) atoms. The maximum Gasteiger partial charge on any atom is 0.246 e. The van der Waals surface area contributed by atoms with Gasteiger partial charge < -0.3 is 23.8 Å². The number of aromatic nitrogens is 1. The topological polar surface area (TPSA) is 73.4 Å². The Morgan fingerprint density at radius 1 is 0.800 bits per heavy atom. The van der Waals surface area contributed by atoms with Crippen molar-refractivity contribution in [3.8, 4) is 28.9 Å². The number of nitrogens with zero attached hydrogens (tertiary/aromatic N) is 3. The van der Waals surface area contributed by atoms with E-state index in [4.69, 9.17) is 30.5 Å². The molecule has 1 aliphatic heterocycles. The number of piperazine rings is 1. The maximum atomic E-state index is 13.1. The summed E-state index contributed by atoms with van der Waals surface area (Å²) in [7, 11) is 0. The zero-order chi connectivity index (χ0) is 37.9. The fourth-order valence-electron chi connectivity index (χ4n) is 6.09. The lowest BCUT2D eigenvalue weighted by Gasteiger charge is -2.34. The second-order valence-corrected chi connectivity index (χ2v) is 14.3. The van der Waals surface area contributed by atoms with Gasteiger partial charge in [0.15, 0.2) is 5.75 Å². The highest BCUT2D eigenvalue weighted by molar-refractivity contribution is 6.32. The van der Waals surface area contributed by atoms with Gasteiger partial charge in [-0.15, -0.1) is 12.4 Å². The number of amides is 1. The molecule has 1 saturated heterocycles. The summed E-state index contributed by atoms with van der Waals surface area (Å²) in [6, 6.07) is 32.0. The van der Waals surface area contributed by atoms with Crippen LogP contribution in [0.15, 0.2) is 109 Å². The van der Waals surface area contributed by atoms with Gasteiger partial charge in [-0.05, 0) is 104 Å². The highest BCUT2D eigenvalue weighted by Crippen LogP contribution is 2.34. The van der Waals surface area contributed by atoms with Crippen LogP contribution in [0.5, 0.6) is 28.9 Å². The Balaban J connectivity index is 0.00000580. The van der Waals surface area contributed by atoms with Crippen LogP contribution < -0.4 is 18.9 Å². The molecule has 0 bridgehead atoms. The Kier molecular flexibility index (Phi) is 15.0. The van der Waals surface area contributed by atoms with Gasteiger partial charge >= 0.3 is 0 Å². The number of halogens is 2. The minimum Gasteiger partial charge on any atom is -0.493 e. The van der Waals surface area contributed by atoms with Crippen LogP contribution in [0, 0.1) is 13.8 Å². The summed E-state index contributed by atoms with van der Waals surface area (Å²) in [4.78, 5) is 21.8. The van der Waals surface area contributed by atoms with Crippen LogP contribution in [0.25, 0.3) is 6.08 Å². The number of aryl methyl sites for hydroxylation is 2. The van der Waals surface area contributed by atoms with Crippen LogP contribution >= 0.6 is 24.0 Å². The van der Waals surface area contributed by atoms with Gasteiger partial charge in [-0.25, -0.2) is 4.98 Å². The molecule has 0 radical (unpaired) electrons. The Labute approximate surface area is 336 Å². The molecule has 10 heteroatoms. The van der Waals surface area contributed by atoms with E-state index < -0.39 is 0 Å². The SMILES string of the molecule is Cc1ccc(COc2ccc(Oc3c(C)cc(/C=C/C(=O)N4CCN(Cc5ccc(CCOc6ccc(OC(C)C)cc6)cc5)CC4)cc3Cl)nc2)cc1.Cl. The third-order valence-electron chi connectivity index (χ3n) is 9.08. The van der Waals surface area contributed by atoms with Crippen LogP contribution in [-0.4, -0.2) is 59.6 Å². The average molecular weight is 783 g/mol. The molecule has 1 fully saturated rings. The number of hydrogen-bond donors (Lipinski definition) is 0. The predicted octanol–water partition coefficient (Wildman–Crippen LogP) is 9.91. The first-order valence-electron chi connectivity index (χ1n) is 18.5. The largest absolute Gasteiger partial charge is 0.493 e. The van der Waals surface area contributed by atoms with Crippen LogP contribution in [0.3, 0.4) is 0 Å². The zero-order valence-corrected chi connectivity index (χ0v) is 33.4. The molecular weight excluding hydrogens is 733 g/mol. The standard InChI is InChI=1S/C45H48ClN3O5.ClH/c1-32(2)53-40-16-14-39(15-17-40)51-26-21-35-9-11-36(12-10-35)30-48-22-24-49(25-23-48)44(50)20-13-38-27-34(4)45(42(46)28-38)54-43-19-18-41(29-47-43)52-31-37-7-5-33(3)6-8-37;/h5-20,27-29,32H,21-26,30-31H2,1-4H3;1H/b20-13+;. The molecule has 2 heterocycles. The van der Waals surface area contributed by atoms with Crippen molar-refractivity contribution in [3.05, 3.63) is 148 Å². The highest BCUT2D eigenvalue weighted by Gasteiger charge is 2.20. The fraction of sp³-hybridized carbons (Fsp3) is 0.289. The lowest BCUT2D eigenvalue weighted by atomic mass is 10.1. The van der Waals surface area contributed by atoms with Crippen LogP contribution in [0.2, 0.25) is 5.02 Å². The summed E-state index contributed by atoms with van der Waals surface area (Å²) < 4.78 is 23.5. The second kappa shape index (κ2) is 20.1. The van der Waals surface area contributed by atoms with Crippen molar-refractivity contribution < 1.29 is 23.7 Å². The van der Waals surface area contributed by atoms with Gasteiger partial charge in [0.25, 0.3) is 0 Å². The van der Waals surface area contributed by atoms with Crippen LogP contribution in [0.4, 0.5) is 0 Å². The van der Waals surface area contributed by atoms with E-state index >= 15 is 0 Å². The zero-order valence-electron chi connectivity index (χ0n) is 31.9. The third-order valence-corrected chi connectivity index (χ3v) is 9.36. The first-order chi connectivity index (χ1) is 26.2. The average Bonchev–Trinajstić information content (AvgIpc) is 3.17. The number of hydrogen-bond acceptors (Lipinski definition) is 7. The number of rotatable bonds is 15. The second-order valence-electron chi connectivity index (χ2n) is 13.8. The van der Waals surface area contributed by atoms with Crippen LogP contribution in [-0.2, 0) is 24.4 Å². The monoisotopic (exact) mass is 781 g/mol. The molecule has 0 saturated carbocycles. The van der Waals surface area contributed by atoms with Crippen molar-refractivity contribution in [3.63, 3.8) is 0 Å². The van der Waals surface area contributed by atoms with Crippen molar-refractivity contribution >= 4 is 36.0 Å². The number of carbonyl (C=O) groups excluding carboxylic acids is 1. The normalized spacial score (nSPS) is 13.1. The van der Waals surface area contributed by atoms with Gasteiger partial charge in [-0.3, -0.25) is 9.69 Å². The third kappa shape index (κ3) is 12.5. The number of carbonyl (C=O) groups is 1. The summed E-state index contributed by atoms with van der Waals surface area (Å²) in [6.07, 6.45) is 6.05. The Morgan fingerprint density at radius 3 is 2.11 bits per heavy atom. The molecule has 6 rings (SSSR count). The minimum absolute atomic E-state index is 0. The summed E-state index contributed by atoms with van der Waals surface area (Å²) in [5, 5.41) is 0.442. The molecule has 4 aromatic carbocycles. The van der Waals surface area contributed by atoms with Gasteiger partial charge in [-0.1, -0.05) is 65.7 Å². The summed E-state index contributed by atoms with van der Waals surface area (Å²) in [5.41, 5.74) is 6.46. The van der Waals surface area contributed by atoms with Crippen molar-refractivity contribution in [2.24, 2.45) is 0 Å². The number of pyridine rings is 1. The van der Waals surface area contributed by atoms with E-state index in [1.807, 2.05) is 74.2 Å². The Morgan fingerprint density at radius 2 is 1.45 bits per heavy atom. The van der Waals surface area contributed by atoms with E-state index in [0.29, 0.717) is 48.7 Å². The van der Waals surface area contributed by atoms with Crippen molar-refractivity contribution in [2.75, 3.05) is 32.8 Å². The number of benzene rings is 4. The molecule has 0 N–H and O–H groups in total. The van der Waals surface area contributed by atoms with Crippen molar-refractivity contribution in [1.82, 2.24) is 14.8 Å². The van der Waals surface area contributed by atoms with Gasteiger partial charge in [0.1, 0.15) is 23.9 Å². The van der Waals surface area contributed by atoms with Gasteiger partial charge in [0, 0.05) is 51.3 Å². The fourth-order valence-corrected chi connectivity index (χ4v) is 6.41. The molecular formula is C45H49Cl2N3O5. The summed E-state index contributed by atoms with van der Waals surface area (Å²) >= 11 is 6.64. The first-order valence-corrected chi connectivity index (χ1v) is 18.8. The molecule has 5 aromatic rings. The number of ether oxygens (including phenoxy) is 4. The van der Waals surface area contributed by atoms with E-state index in [-0.39, 0.29) is 24.4 Å². The quantitative estimate of drug-likeness (QED) is 0.0980. The smallest absolute Gasteiger partial charge is 0.246 e. The minimum atomic E-state index is -0.0101. The molecule has 8 nitrogen and oxygen atoms in total. The van der Waals surface area contributed by atoms with E-state index in [9.17, 15) is 4.79 Å². The van der Waals surface area contributed by atoms with Crippen molar-refractivity contribution in [2.45, 2.75) is 53.4 Å². The molecule has 288 valence electrons. The van der Waals surface area contributed by atoms with E-state index in [1.54, 1.807) is 30.5 Å². The summed E-state index contributed by atoms with van der Waals surface area (Å²) in [5.74, 6) is 3.26. The molecule has 1 aliphatic rings. The van der Waals surface area contributed by atoms with Crippen LogP contribution in [0.1, 0.15) is 47.2 Å². The van der Waals surface area contributed by atoms with Gasteiger partial charge in [0.2, 0.25) is 11.8 Å². The van der Waals surface area contributed by atoms with E-state index in [2.05, 4.69) is 53.2 Å². The van der Waals surface area contributed by atoms with E-state index in [0.717, 1.165) is 54.2 Å². The predicted molar refractivity (Wildman–Crippen MR) is 222 cm³/mol. The maximum absolute atomic E-state index is 13.1. The molecule has 0 atom stereocenters. The lowest BCUT2D eigenvalue weighted by Crippen LogP contribution is -2.47. The first kappa shape index (κ1) is 41.1. The van der Waals surface area contributed by atoms with Gasteiger partial charge in [0.05, 0.1) is 23.9 Å². The van der Waals surface area contributed by atoms with E-state index in [1.165, 1.54) is 16.7 Å². The molecule has 0 aliphatic carbocycles. The highest BCUT2D eigenvalue weighted by atomic mass is 35.5. The molecule has 0 spiro atoms.